The van der Waals surface area contributed by atoms with Gasteiger partial charge in [-0.3, -0.25) is 0 Å². The fourth-order valence-electron chi connectivity index (χ4n) is 3.56. The van der Waals surface area contributed by atoms with Crippen LogP contribution in [-0.2, 0) is 0 Å². The highest BCUT2D eigenvalue weighted by atomic mass is 16.5. The minimum Gasteiger partial charge on any atom is -0.497 e. The van der Waals surface area contributed by atoms with Gasteiger partial charge in [0.2, 0.25) is 5.88 Å². The summed E-state index contributed by atoms with van der Waals surface area (Å²) < 4.78 is 16.8. The molecule has 0 fully saturated rings. The van der Waals surface area contributed by atoms with Crippen LogP contribution in [0.2, 0.25) is 0 Å². The summed E-state index contributed by atoms with van der Waals surface area (Å²) in [4.78, 5) is 0. The summed E-state index contributed by atoms with van der Waals surface area (Å²) in [7, 11) is 3.20. The van der Waals surface area contributed by atoms with E-state index in [2.05, 4.69) is 6.07 Å². The molecule has 3 aromatic carbocycles. The van der Waals surface area contributed by atoms with Gasteiger partial charge in [0.05, 0.1) is 20.1 Å². The van der Waals surface area contributed by atoms with Crippen LogP contribution in [0, 0.1) is 11.3 Å². The number of methoxy groups -OCH3 is 2. The molecule has 4 rings (SSSR count). The number of nitrogens with zero attached hydrogens (tertiary/aromatic N) is 1. The number of rotatable bonds is 3. The Morgan fingerprint density at radius 3 is 2.52 bits per heavy atom. The van der Waals surface area contributed by atoms with Gasteiger partial charge in [-0.25, -0.2) is 0 Å². The summed E-state index contributed by atoms with van der Waals surface area (Å²) in [6.07, 6.45) is 0. The molecular formula is C22H18N2O3. The Bertz CT molecular complexity index is 1110. The molecule has 0 unspecified atom stereocenters. The summed E-state index contributed by atoms with van der Waals surface area (Å²) in [6.45, 7) is 0. The quantitative estimate of drug-likeness (QED) is 0.763. The number of fused-ring (bicyclic) bond motifs is 3. The molecule has 0 aromatic heterocycles. The van der Waals surface area contributed by atoms with Crippen molar-refractivity contribution < 1.29 is 14.2 Å². The Labute approximate surface area is 157 Å². The van der Waals surface area contributed by atoms with Crippen molar-refractivity contribution in [1.29, 1.82) is 5.26 Å². The summed E-state index contributed by atoms with van der Waals surface area (Å²) in [6, 6.07) is 19.7. The molecule has 0 amide bonds. The lowest BCUT2D eigenvalue weighted by Crippen LogP contribution is -2.21. The first-order chi connectivity index (χ1) is 13.2. The first kappa shape index (κ1) is 16.8. The van der Waals surface area contributed by atoms with Crippen molar-refractivity contribution in [3.8, 4) is 23.3 Å². The zero-order valence-electron chi connectivity index (χ0n) is 15.0. The molecule has 5 nitrogen and oxygen atoms in total. The predicted molar refractivity (Wildman–Crippen MR) is 103 cm³/mol. The minimum absolute atomic E-state index is 0.115. The molecule has 2 N–H and O–H groups in total. The van der Waals surface area contributed by atoms with E-state index in [9.17, 15) is 5.26 Å². The molecule has 1 heterocycles. The molecule has 0 saturated carbocycles. The van der Waals surface area contributed by atoms with Crippen molar-refractivity contribution in [3.05, 3.63) is 77.2 Å². The molecule has 1 atom stereocenters. The first-order valence-corrected chi connectivity index (χ1v) is 8.49. The van der Waals surface area contributed by atoms with Gasteiger partial charge in [0.25, 0.3) is 0 Å². The average molecular weight is 358 g/mol. The molecule has 0 bridgehead atoms. The number of hydrogen-bond acceptors (Lipinski definition) is 5. The highest BCUT2D eigenvalue weighted by Crippen LogP contribution is 2.47. The van der Waals surface area contributed by atoms with Crippen LogP contribution >= 0.6 is 0 Å². The fourth-order valence-corrected chi connectivity index (χ4v) is 3.56. The Morgan fingerprint density at radius 1 is 1.00 bits per heavy atom. The number of hydrogen-bond donors (Lipinski definition) is 1. The molecule has 1 aliphatic heterocycles. The number of benzene rings is 3. The van der Waals surface area contributed by atoms with Crippen molar-refractivity contribution in [1.82, 2.24) is 0 Å². The predicted octanol–water partition coefficient (Wildman–Crippen LogP) is 4.08. The van der Waals surface area contributed by atoms with E-state index >= 15 is 0 Å². The van der Waals surface area contributed by atoms with Gasteiger partial charge in [-0.05, 0) is 11.5 Å². The highest BCUT2D eigenvalue weighted by molar-refractivity contribution is 5.91. The van der Waals surface area contributed by atoms with Crippen molar-refractivity contribution in [2.45, 2.75) is 5.92 Å². The van der Waals surface area contributed by atoms with E-state index in [0.29, 0.717) is 22.8 Å². The second kappa shape index (κ2) is 6.58. The monoisotopic (exact) mass is 358 g/mol. The van der Waals surface area contributed by atoms with E-state index in [0.717, 1.165) is 21.9 Å². The van der Waals surface area contributed by atoms with Crippen LogP contribution in [0.25, 0.3) is 10.8 Å². The molecule has 0 spiro atoms. The van der Waals surface area contributed by atoms with Crippen LogP contribution in [-0.4, -0.2) is 14.2 Å². The molecule has 0 aliphatic carbocycles. The van der Waals surface area contributed by atoms with E-state index < -0.39 is 0 Å². The molecule has 1 aliphatic rings. The van der Waals surface area contributed by atoms with Crippen LogP contribution in [0.3, 0.4) is 0 Å². The average Bonchev–Trinajstić information content (AvgIpc) is 2.72. The Hall–Kier alpha value is -3.65. The minimum atomic E-state index is -0.385. The van der Waals surface area contributed by atoms with E-state index in [1.165, 1.54) is 0 Å². The maximum absolute atomic E-state index is 9.76. The molecule has 3 aromatic rings. The molecule has 0 radical (unpaired) electrons. The lowest BCUT2D eigenvalue weighted by molar-refractivity contribution is 0.383. The number of nitriles is 1. The number of nitrogens with two attached hydrogens (primary N) is 1. The topological polar surface area (TPSA) is 77.5 Å². The van der Waals surface area contributed by atoms with E-state index in [1.54, 1.807) is 20.3 Å². The van der Waals surface area contributed by atoms with Crippen LogP contribution in [0.15, 0.2) is 66.1 Å². The third-order valence-corrected chi connectivity index (χ3v) is 4.86. The number of ether oxygens (including phenoxy) is 3. The third-order valence-electron chi connectivity index (χ3n) is 4.86. The van der Waals surface area contributed by atoms with Crippen LogP contribution in [0.4, 0.5) is 0 Å². The second-order valence-corrected chi connectivity index (χ2v) is 6.24. The van der Waals surface area contributed by atoms with Crippen molar-refractivity contribution in [2.75, 3.05) is 14.2 Å². The van der Waals surface area contributed by atoms with E-state index in [-0.39, 0.29) is 11.8 Å². The van der Waals surface area contributed by atoms with Gasteiger partial charge in [0, 0.05) is 22.6 Å². The molecule has 5 heteroatoms. The lowest BCUT2D eigenvalue weighted by Gasteiger charge is -2.28. The van der Waals surface area contributed by atoms with Gasteiger partial charge in [-0.2, -0.15) is 5.26 Å². The Kier molecular flexibility index (Phi) is 4.09. The smallest absolute Gasteiger partial charge is 0.205 e. The van der Waals surface area contributed by atoms with Crippen LogP contribution < -0.4 is 19.9 Å². The van der Waals surface area contributed by atoms with Gasteiger partial charge in [0.1, 0.15) is 28.9 Å². The summed E-state index contributed by atoms with van der Waals surface area (Å²) >= 11 is 0. The molecule has 134 valence electrons. The normalized spacial score (nSPS) is 15.7. The van der Waals surface area contributed by atoms with Gasteiger partial charge < -0.3 is 19.9 Å². The van der Waals surface area contributed by atoms with Gasteiger partial charge >= 0.3 is 0 Å². The van der Waals surface area contributed by atoms with Crippen molar-refractivity contribution >= 4 is 10.8 Å². The lowest BCUT2D eigenvalue weighted by atomic mass is 9.82. The Balaban J connectivity index is 2.00. The first-order valence-electron chi connectivity index (χ1n) is 8.49. The van der Waals surface area contributed by atoms with E-state index in [1.807, 2.05) is 48.5 Å². The fraction of sp³-hybridized carbons (Fsp3) is 0.136. The van der Waals surface area contributed by atoms with Gasteiger partial charge in [0.15, 0.2) is 0 Å². The molecule has 27 heavy (non-hydrogen) atoms. The maximum Gasteiger partial charge on any atom is 0.205 e. The zero-order chi connectivity index (χ0) is 19.0. The standard InChI is InChI=1S/C22H18N2O3/c1-25-14-8-10-16(19(11-14)26-2)20-17-9-7-13-5-3-4-6-15(13)21(17)27-22(24)18(20)12-23/h3-11,20H,24H2,1-2H3/t20-/m1/s1. The summed E-state index contributed by atoms with van der Waals surface area (Å²) in [5.74, 6) is 1.71. The summed E-state index contributed by atoms with van der Waals surface area (Å²) in [5.41, 5.74) is 8.21. The summed E-state index contributed by atoms with van der Waals surface area (Å²) in [5, 5.41) is 11.8. The van der Waals surface area contributed by atoms with Gasteiger partial charge in [-0.15, -0.1) is 0 Å². The van der Waals surface area contributed by atoms with Gasteiger partial charge in [-0.1, -0.05) is 42.5 Å². The zero-order valence-corrected chi connectivity index (χ0v) is 15.0. The number of allylic oxidation sites excluding steroid dienone is 1. The molecular weight excluding hydrogens is 340 g/mol. The molecule has 0 saturated heterocycles. The SMILES string of the molecule is COc1ccc([C@H]2C(C#N)=C(N)Oc3c2ccc2ccccc32)c(OC)c1. The Morgan fingerprint density at radius 2 is 1.78 bits per heavy atom. The van der Waals surface area contributed by atoms with Crippen molar-refractivity contribution in [3.63, 3.8) is 0 Å². The second-order valence-electron chi connectivity index (χ2n) is 6.24. The van der Waals surface area contributed by atoms with E-state index in [4.69, 9.17) is 19.9 Å². The third kappa shape index (κ3) is 2.63. The van der Waals surface area contributed by atoms with Crippen LogP contribution in [0.1, 0.15) is 17.0 Å². The van der Waals surface area contributed by atoms with Crippen molar-refractivity contribution in [2.24, 2.45) is 5.73 Å². The largest absolute Gasteiger partial charge is 0.497 e. The highest BCUT2D eigenvalue weighted by Gasteiger charge is 2.33. The maximum atomic E-state index is 9.76. The van der Waals surface area contributed by atoms with Crippen LogP contribution in [0.5, 0.6) is 17.2 Å².